The van der Waals surface area contributed by atoms with Gasteiger partial charge >= 0.3 is 6.18 Å². The standard InChI is InChI=1S/C20H19ClF3N3O/c1-2-3-9-17(10-11-21)26-19-25-12-16(18(27-19)20(22,23)24)14-28-13-15-7-5-4-6-8-15/h2-10,12H,1,11,13-14H2,(H,25,26,27)/b9-3-,17-10+. The molecule has 148 valence electrons. The van der Waals surface area contributed by atoms with Crippen LogP contribution in [-0.2, 0) is 24.1 Å². The average molecular weight is 410 g/mol. The zero-order chi connectivity index (χ0) is 20.4. The maximum Gasteiger partial charge on any atom is 0.433 e. The van der Waals surface area contributed by atoms with E-state index in [1.54, 1.807) is 18.2 Å². The number of rotatable bonds is 9. The molecule has 0 saturated heterocycles. The van der Waals surface area contributed by atoms with Crippen LogP contribution in [0.25, 0.3) is 0 Å². The van der Waals surface area contributed by atoms with Crippen molar-refractivity contribution in [3.05, 3.63) is 89.9 Å². The summed E-state index contributed by atoms with van der Waals surface area (Å²) < 4.78 is 45.7. The van der Waals surface area contributed by atoms with Crippen molar-refractivity contribution in [1.82, 2.24) is 9.97 Å². The number of alkyl halides is 4. The number of hydrogen-bond donors (Lipinski definition) is 1. The second-order valence-electron chi connectivity index (χ2n) is 5.58. The Labute approximate surface area is 166 Å². The van der Waals surface area contributed by atoms with Crippen molar-refractivity contribution >= 4 is 17.5 Å². The molecule has 0 radical (unpaired) electrons. The number of benzene rings is 1. The first-order valence-electron chi connectivity index (χ1n) is 8.31. The van der Waals surface area contributed by atoms with Crippen molar-refractivity contribution in [2.45, 2.75) is 19.4 Å². The number of nitrogens with one attached hydrogen (secondary N) is 1. The van der Waals surface area contributed by atoms with E-state index in [4.69, 9.17) is 16.3 Å². The van der Waals surface area contributed by atoms with Gasteiger partial charge in [0.25, 0.3) is 0 Å². The van der Waals surface area contributed by atoms with Crippen LogP contribution in [0.5, 0.6) is 0 Å². The molecule has 0 atom stereocenters. The second kappa shape index (κ2) is 10.6. The fourth-order valence-electron chi connectivity index (χ4n) is 2.22. The Balaban J connectivity index is 2.17. The zero-order valence-electron chi connectivity index (χ0n) is 14.9. The molecule has 8 heteroatoms. The van der Waals surface area contributed by atoms with Gasteiger partial charge in [-0.25, -0.2) is 9.97 Å². The fraction of sp³-hybridized carbons (Fsp3) is 0.200. The van der Waals surface area contributed by atoms with E-state index in [0.29, 0.717) is 5.70 Å². The first-order valence-corrected chi connectivity index (χ1v) is 8.84. The quantitative estimate of drug-likeness (QED) is 0.439. The molecule has 0 amide bonds. The van der Waals surface area contributed by atoms with Crippen molar-refractivity contribution in [3.63, 3.8) is 0 Å². The molecule has 0 bridgehead atoms. The van der Waals surface area contributed by atoms with E-state index in [1.165, 1.54) is 6.08 Å². The third kappa shape index (κ3) is 6.83. The van der Waals surface area contributed by atoms with E-state index >= 15 is 0 Å². The van der Waals surface area contributed by atoms with Gasteiger partial charge in [-0.1, -0.05) is 49.1 Å². The van der Waals surface area contributed by atoms with Gasteiger partial charge in [-0.2, -0.15) is 13.2 Å². The van der Waals surface area contributed by atoms with E-state index in [0.717, 1.165) is 11.8 Å². The Kier molecular flexibility index (Phi) is 8.22. The summed E-state index contributed by atoms with van der Waals surface area (Å²) in [6.07, 6.45) is 2.79. The summed E-state index contributed by atoms with van der Waals surface area (Å²) in [5.41, 5.74) is 0.130. The highest BCUT2D eigenvalue weighted by molar-refractivity contribution is 6.19. The summed E-state index contributed by atoms with van der Waals surface area (Å²) in [5, 5.41) is 2.72. The van der Waals surface area contributed by atoms with Crippen molar-refractivity contribution in [3.8, 4) is 0 Å². The molecular weight excluding hydrogens is 391 g/mol. The van der Waals surface area contributed by atoms with Crippen LogP contribution in [0.15, 0.2) is 73.1 Å². The molecule has 0 spiro atoms. The molecule has 1 aromatic carbocycles. The van der Waals surface area contributed by atoms with Gasteiger partial charge in [0.1, 0.15) is 0 Å². The minimum atomic E-state index is -4.64. The first kappa shape index (κ1) is 21.7. The van der Waals surface area contributed by atoms with E-state index in [2.05, 4.69) is 21.9 Å². The highest BCUT2D eigenvalue weighted by Gasteiger charge is 2.36. The molecule has 28 heavy (non-hydrogen) atoms. The smallest absolute Gasteiger partial charge is 0.372 e. The van der Waals surface area contributed by atoms with E-state index in [-0.39, 0.29) is 30.6 Å². The van der Waals surface area contributed by atoms with Crippen LogP contribution in [-0.4, -0.2) is 15.8 Å². The molecule has 0 unspecified atom stereocenters. The van der Waals surface area contributed by atoms with Crippen molar-refractivity contribution in [2.24, 2.45) is 0 Å². The lowest BCUT2D eigenvalue weighted by Gasteiger charge is -2.14. The number of aromatic nitrogens is 2. The normalized spacial score (nSPS) is 12.4. The zero-order valence-corrected chi connectivity index (χ0v) is 15.7. The molecule has 0 saturated carbocycles. The summed E-state index contributed by atoms with van der Waals surface area (Å²) in [6, 6.07) is 9.17. The molecular formula is C20H19ClF3N3O. The molecule has 4 nitrogen and oxygen atoms in total. The number of allylic oxidation sites excluding steroid dienone is 4. The summed E-state index contributed by atoms with van der Waals surface area (Å²) in [5.74, 6) is -0.0225. The van der Waals surface area contributed by atoms with Crippen molar-refractivity contribution in [2.75, 3.05) is 11.2 Å². The van der Waals surface area contributed by atoms with Crippen molar-refractivity contribution < 1.29 is 17.9 Å². The monoisotopic (exact) mass is 409 g/mol. The maximum atomic E-state index is 13.4. The van der Waals surface area contributed by atoms with Gasteiger partial charge in [-0.3, -0.25) is 0 Å². The van der Waals surface area contributed by atoms with Crippen LogP contribution in [0.1, 0.15) is 16.8 Å². The molecule has 2 rings (SSSR count). The van der Waals surface area contributed by atoms with Gasteiger partial charge in [0, 0.05) is 23.3 Å². The third-order valence-electron chi connectivity index (χ3n) is 3.47. The van der Waals surface area contributed by atoms with Crippen molar-refractivity contribution in [1.29, 1.82) is 0 Å². The summed E-state index contributed by atoms with van der Waals surface area (Å²) >= 11 is 5.66. The number of ether oxygens (including phenoxy) is 1. The van der Waals surface area contributed by atoms with Crippen LogP contribution in [0.4, 0.5) is 19.1 Å². The maximum absolute atomic E-state index is 13.4. The number of anilines is 1. The van der Waals surface area contributed by atoms with Gasteiger partial charge in [0.05, 0.1) is 13.2 Å². The molecule has 0 aliphatic carbocycles. The third-order valence-corrected chi connectivity index (χ3v) is 3.62. The molecule has 2 aromatic rings. The SMILES string of the molecule is C=C/C=C\C(=C/CCl)Nc1ncc(COCc2ccccc2)c(C(F)(F)F)n1. The fourth-order valence-corrected chi connectivity index (χ4v) is 2.38. The van der Waals surface area contributed by atoms with E-state index in [1.807, 2.05) is 30.3 Å². The molecule has 1 aromatic heterocycles. The Morgan fingerprint density at radius 3 is 2.61 bits per heavy atom. The highest BCUT2D eigenvalue weighted by atomic mass is 35.5. The Morgan fingerprint density at radius 2 is 1.96 bits per heavy atom. The van der Waals surface area contributed by atoms with Crippen LogP contribution < -0.4 is 5.32 Å². The first-order chi connectivity index (χ1) is 13.4. The lowest BCUT2D eigenvalue weighted by Crippen LogP contribution is -2.16. The van der Waals surface area contributed by atoms with Gasteiger partial charge in [0.2, 0.25) is 5.95 Å². The molecule has 0 aliphatic rings. The van der Waals surface area contributed by atoms with Crippen LogP contribution in [0.2, 0.25) is 0 Å². The molecule has 0 aliphatic heterocycles. The lowest BCUT2D eigenvalue weighted by molar-refractivity contribution is -0.142. The summed E-state index contributed by atoms with van der Waals surface area (Å²) in [4.78, 5) is 7.59. The van der Waals surface area contributed by atoms with Crippen LogP contribution >= 0.6 is 11.6 Å². The van der Waals surface area contributed by atoms with E-state index < -0.39 is 11.9 Å². The minimum absolute atomic E-state index is 0.140. The van der Waals surface area contributed by atoms with E-state index in [9.17, 15) is 13.2 Å². The van der Waals surface area contributed by atoms with Crippen LogP contribution in [0, 0.1) is 0 Å². The molecule has 0 fully saturated rings. The number of halogens is 4. The second-order valence-corrected chi connectivity index (χ2v) is 5.89. The summed E-state index contributed by atoms with van der Waals surface area (Å²) in [7, 11) is 0. The lowest BCUT2D eigenvalue weighted by atomic mass is 10.2. The number of hydrogen-bond acceptors (Lipinski definition) is 4. The Hall–Kier alpha value is -2.64. The largest absolute Gasteiger partial charge is 0.433 e. The summed E-state index contributed by atoms with van der Waals surface area (Å²) in [6.45, 7) is 3.47. The van der Waals surface area contributed by atoms with Gasteiger partial charge in [0.15, 0.2) is 5.69 Å². The van der Waals surface area contributed by atoms with Gasteiger partial charge < -0.3 is 10.1 Å². The average Bonchev–Trinajstić information content (AvgIpc) is 2.67. The topological polar surface area (TPSA) is 47.0 Å². The number of nitrogens with zero attached hydrogens (tertiary/aromatic N) is 2. The highest BCUT2D eigenvalue weighted by Crippen LogP contribution is 2.31. The molecule has 1 N–H and O–H groups in total. The Bertz CT molecular complexity index is 836. The molecule has 1 heterocycles. The van der Waals surface area contributed by atoms with Crippen LogP contribution in [0.3, 0.4) is 0 Å². The predicted molar refractivity (Wildman–Crippen MR) is 104 cm³/mol. The van der Waals surface area contributed by atoms with Gasteiger partial charge in [-0.05, 0) is 17.7 Å². The predicted octanol–water partition coefficient (Wildman–Crippen LogP) is 5.49. The Morgan fingerprint density at radius 1 is 1.21 bits per heavy atom. The van der Waals surface area contributed by atoms with Gasteiger partial charge in [-0.15, -0.1) is 11.6 Å². The minimum Gasteiger partial charge on any atom is -0.372 e.